The second-order valence-electron chi connectivity index (χ2n) is 7.38. The molecule has 1 aromatic heterocycles. The van der Waals surface area contributed by atoms with Gasteiger partial charge in [0.15, 0.2) is 0 Å². The number of imidazole rings is 1. The molecule has 25 heavy (non-hydrogen) atoms. The van der Waals surface area contributed by atoms with Crippen molar-refractivity contribution >= 4 is 0 Å². The lowest BCUT2D eigenvalue weighted by Gasteiger charge is -2.32. The second-order valence-corrected chi connectivity index (χ2v) is 7.38. The number of ether oxygens (including phenoxy) is 1. The fourth-order valence-electron chi connectivity index (χ4n) is 4.48. The monoisotopic (exact) mass is 339 g/mol. The van der Waals surface area contributed by atoms with Gasteiger partial charge in [-0.3, -0.25) is 0 Å². The number of hydrogen-bond donors (Lipinski definition) is 1. The molecule has 1 aromatic carbocycles. The number of hydrogen-bond acceptors (Lipinski definition) is 3. The minimum atomic E-state index is 0.0989. The standard InChI is InChI=1S/C21H29N3O/c1-2-24-14-13-22-21(24)20-19(12-15-25-20)23-18-10-8-17(9-11-18)16-6-4-3-5-7-16/h3-7,13-14,17-20,23H,2,8-12,15H2,1H3/t17?,18?,19-,20-/m0/s1. The van der Waals surface area contributed by atoms with Gasteiger partial charge in [0.25, 0.3) is 0 Å². The van der Waals surface area contributed by atoms with Crippen molar-refractivity contribution in [1.29, 1.82) is 0 Å². The van der Waals surface area contributed by atoms with E-state index in [-0.39, 0.29) is 6.10 Å². The normalized spacial score (nSPS) is 29.8. The molecule has 0 unspecified atom stereocenters. The van der Waals surface area contributed by atoms with Gasteiger partial charge in [-0.2, -0.15) is 0 Å². The number of nitrogens with zero attached hydrogens (tertiary/aromatic N) is 2. The van der Waals surface area contributed by atoms with Crippen LogP contribution in [0, 0.1) is 0 Å². The molecule has 2 fully saturated rings. The highest BCUT2D eigenvalue weighted by molar-refractivity contribution is 5.20. The van der Waals surface area contributed by atoms with Crippen LogP contribution in [0.5, 0.6) is 0 Å². The molecule has 1 N–H and O–H groups in total. The van der Waals surface area contributed by atoms with E-state index < -0.39 is 0 Å². The predicted octanol–water partition coefficient (Wildman–Crippen LogP) is 4.05. The summed E-state index contributed by atoms with van der Waals surface area (Å²) in [6.07, 6.45) is 10.2. The van der Waals surface area contributed by atoms with Gasteiger partial charge >= 0.3 is 0 Å². The third-order valence-corrected chi connectivity index (χ3v) is 5.88. The minimum Gasteiger partial charge on any atom is -0.369 e. The zero-order valence-electron chi connectivity index (χ0n) is 15.1. The molecular weight excluding hydrogens is 310 g/mol. The van der Waals surface area contributed by atoms with Crippen molar-refractivity contribution in [2.45, 2.75) is 69.7 Å². The van der Waals surface area contributed by atoms with Crippen LogP contribution in [-0.4, -0.2) is 28.2 Å². The van der Waals surface area contributed by atoms with Gasteiger partial charge in [-0.1, -0.05) is 30.3 Å². The lowest BCUT2D eigenvalue weighted by atomic mass is 9.81. The molecule has 2 aromatic rings. The van der Waals surface area contributed by atoms with E-state index >= 15 is 0 Å². The van der Waals surface area contributed by atoms with Gasteiger partial charge in [0.1, 0.15) is 11.9 Å². The van der Waals surface area contributed by atoms with Crippen LogP contribution in [0.15, 0.2) is 42.7 Å². The average molecular weight is 339 g/mol. The zero-order valence-corrected chi connectivity index (χ0v) is 15.1. The molecule has 1 aliphatic heterocycles. The van der Waals surface area contributed by atoms with Crippen LogP contribution in [0.4, 0.5) is 0 Å². The van der Waals surface area contributed by atoms with Crippen LogP contribution < -0.4 is 5.32 Å². The van der Waals surface area contributed by atoms with E-state index in [4.69, 9.17) is 4.74 Å². The maximum absolute atomic E-state index is 6.04. The van der Waals surface area contributed by atoms with Crippen molar-refractivity contribution in [1.82, 2.24) is 14.9 Å². The Labute approximate surface area is 150 Å². The number of nitrogens with one attached hydrogen (secondary N) is 1. The second kappa shape index (κ2) is 7.71. The first-order valence-electron chi connectivity index (χ1n) is 9.78. The number of aryl methyl sites for hydroxylation is 1. The molecule has 2 atom stereocenters. The van der Waals surface area contributed by atoms with Crippen LogP contribution in [0.2, 0.25) is 0 Å². The summed E-state index contributed by atoms with van der Waals surface area (Å²) < 4.78 is 8.24. The maximum Gasteiger partial charge on any atom is 0.139 e. The van der Waals surface area contributed by atoms with E-state index in [0.717, 1.165) is 31.3 Å². The lowest BCUT2D eigenvalue weighted by molar-refractivity contribution is 0.0849. The van der Waals surface area contributed by atoms with Crippen LogP contribution in [0.3, 0.4) is 0 Å². The van der Waals surface area contributed by atoms with Crippen molar-refractivity contribution < 1.29 is 4.74 Å². The van der Waals surface area contributed by atoms with Gasteiger partial charge in [-0.15, -0.1) is 0 Å². The molecule has 4 nitrogen and oxygen atoms in total. The molecule has 134 valence electrons. The Bertz CT molecular complexity index is 661. The molecule has 4 rings (SSSR count). The Morgan fingerprint density at radius 1 is 1.12 bits per heavy atom. The highest BCUT2D eigenvalue weighted by atomic mass is 16.5. The first kappa shape index (κ1) is 16.8. The Morgan fingerprint density at radius 3 is 2.68 bits per heavy atom. The quantitative estimate of drug-likeness (QED) is 0.893. The largest absolute Gasteiger partial charge is 0.369 e. The van der Waals surface area contributed by atoms with Crippen LogP contribution in [0.25, 0.3) is 0 Å². The minimum absolute atomic E-state index is 0.0989. The van der Waals surface area contributed by atoms with Crippen LogP contribution in [0.1, 0.15) is 62.4 Å². The highest BCUT2D eigenvalue weighted by Gasteiger charge is 2.34. The molecule has 1 saturated carbocycles. The number of aromatic nitrogens is 2. The van der Waals surface area contributed by atoms with Crippen molar-refractivity contribution in [2.75, 3.05) is 6.61 Å². The topological polar surface area (TPSA) is 39.1 Å². The highest BCUT2D eigenvalue weighted by Crippen LogP contribution is 2.35. The average Bonchev–Trinajstić information content (AvgIpc) is 3.31. The summed E-state index contributed by atoms with van der Waals surface area (Å²) in [5.74, 6) is 1.81. The molecule has 2 aliphatic rings. The van der Waals surface area contributed by atoms with E-state index in [1.165, 1.54) is 31.2 Å². The van der Waals surface area contributed by atoms with Crippen LogP contribution >= 0.6 is 0 Å². The molecule has 4 heteroatoms. The summed E-state index contributed by atoms with van der Waals surface area (Å²) in [7, 11) is 0. The van der Waals surface area contributed by atoms with E-state index in [2.05, 4.69) is 58.3 Å². The Hall–Kier alpha value is -1.65. The summed E-state index contributed by atoms with van der Waals surface area (Å²) in [5, 5.41) is 3.90. The maximum atomic E-state index is 6.04. The van der Waals surface area contributed by atoms with Gasteiger partial charge in [0.2, 0.25) is 0 Å². The van der Waals surface area contributed by atoms with E-state index in [9.17, 15) is 0 Å². The Kier molecular flexibility index (Phi) is 5.18. The predicted molar refractivity (Wildman–Crippen MR) is 99.6 cm³/mol. The third-order valence-electron chi connectivity index (χ3n) is 5.88. The van der Waals surface area contributed by atoms with Crippen LogP contribution in [-0.2, 0) is 11.3 Å². The van der Waals surface area contributed by atoms with Gasteiger partial charge in [0, 0.05) is 37.6 Å². The first-order valence-corrected chi connectivity index (χ1v) is 9.78. The van der Waals surface area contributed by atoms with E-state index in [0.29, 0.717) is 12.1 Å². The Balaban J connectivity index is 1.35. The molecule has 0 radical (unpaired) electrons. The molecule has 1 saturated heterocycles. The first-order chi connectivity index (χ1) is 12.3. The van der Waals surface area contributed by atoms with E-state index in [1.54, 1.807) is 0 Å². The molecule has 0 spiro atoms. The smallest absolute Gasteiger partial charge is 0.139 e. The van der Waals surface area contributed by atoms with Gasteiger partial charge < -0.3 is 14.6 Å². The SMILES string of the molecule is CCn1ccnc1[C@H]1OCC[C@@H]1NC1CCC(c2ccccc2)CC1. The Morgan fingerprint density at radius 2 is 1.92 bits per heavy atom. The van der Waals surface area contributed by atoms with Gasteiger partial charge in [-0.25, -0.2) is 4.98 Å². The summed E-state index contributed by atoms with van der Waals surface area (Å²) in [6, 6.07) is 12.0. The van der Waals surface area contributed by atoms with E-state index in [1.807, 2.05) is 6.20 Å². The van der Waals surface area contributed by atoms with Crippen molar-refractivity contribution in [3.8, 4) is 0 Å². The summed E-state index contributed by atoms with van der Waals surface area (Å²) in [4.78, 5) is 4.56. The molecular formula is C21H29N3O. The molecule has 0 bridgehead atoms. The van der Waals surface area contributed by atoms with Crippen molar-refractivity contribution in [3.05, 3.63) is 54.1 Å². The van der Waals surface area contributed by atoms with Gasteiger partial charge in [-0.05, 0) is 50.5 Å². The summed E-state index contributed by atoms with van der Waals surface area (Å²) >= 11 is 0. The summed E-state index contributed by atoms with van der Waals surface area (Å²) in [5.41, 5.74) is 1.51. The zero-order chi connectivity index (χ0) is 17.1. The fourth-order valence-corrected chi connectivity index (χ4v) is 4.48. The van der Waals surface area contributed by atoms with Gasteiger partial charge in [0.05, 0.1) is 0 Å². The third kappa shape index (κ3) is 3.65. The molecule has 2 heterocycles. The summed E-state index contributed by atoms with van der Waals surface area (Å²) in [6.45, 7) is 3.94. The van der Waals surface area contributed by atoms with Crippen molar-refractivity contribution in [3.63, 3.8) is 0 Å². The molecule has 1 aliphatic carbocycles. The lowest BCUT2D eigenvalue weighted by Crippen LogP contribution is -2.42. The number of benzene rings is 1. The van der Waals surface area contributed by atoms with Crippen molar-refractivity contribution in [2.24, 2.45) is 0 Å². The number of rotatable bonds is 5. The fraction of sp³-hybridized carbons (Fsp3) is 0.571. The molecule has 0 amide bonds.